The largest absolute Gasteiger partial charge is 0.465 e. The van der Waals surface area contributed by atoms with Crippen molar-refractivity contribution >= 4 is 5.94 Å². The molecule has 2 aliphatic rings. The number of rotatable bonds is 2. The zero-order valence-corrected chi connectivity index (χ0v) is 9.40. The molecule has 0 radical (unpaired) electrons. The van der Waals surface area contributed by atoms with Crippen molar-refractivity contribution in [2.75, 3.05) is 0 Å². The van der Waals surface area contributed by atoms with Crippen LogP contribution >= 0.6 is 0 Å². The number of ether oxygens (including phenoxy) is 1. The van der Waals surface area contributed by atoms with Crippen LogP contribution in [-0.2, 0) is 9.53 Å². The van der Waals surface area contributed by atoms with Gasteiger partial charge in [0.2, 0.25) is 0 Å². The van der Waals surface area contributed by atoms with E-state index in [9.17, 15) is 13.6 Å². The van der Waals surface area contributed by atoms with E-state index in [0.29, 0.717) is 5.70 Å². The molecule has 0 spiro atoms. The van der Waals surface area contributed by atoms with Crippen LogP contribution in [0.2, 0.25) is 0 Å². The number of alkyl halides is 2. The predicted molar refractivity (Wildman–Crippen MR) is 57.8 cm³/mol. The van der Waals surface area contributed by atoms with Crippen LogP contribution in [0.25, 0.3) is 0 Å². The van der Waals surface area contributed by atoms with Gasteiger partial charge in [0.1, 0.15) is 12.1 Å². The maximum atomic E-state index is 13.0. The highest BCUT2D eigenvalue weighted by atomic mass is 19.3. The second-order valence-corrected chi connectivity index (χ2v) is 4.03. The molecule has 1 saturated heterocycles. The van der Waals surface area contributed by atoms with Crippen molar-refractivity contribution in [2.45, 2.75) is 38.3 Å². The van der Waals surface area contributed by atoms with Crippen LogP contribution in [0.4, 0.5) is 8.78 Å². The van der Waals surface area contributed by atoms with Crippen molar-refractivity contribution in [1.29, 1.82) is 0 Å². The van der Waals surface area contributed by atoms with Crippen molar-refractivity contribution in [3.8, 4) is 0 Å². The highest BCUT2D eigenvalue weighted by molar-refractivity contribution is 5.52. The van der Waals surface area contributed by atoms with Crippen LogP contribution < -0.4 is 0 Å². The Morgan fingerprint density at radius 2 is 2.29 bits per heavy atom. The third-order valence-corrected chi connectivity index (χ3v) is 2.89. The summed E-state index contributed by atoms with van der Waals surface area (Å²) in [7, 11) is 0. The Labute approximate surface area is 98.0 Å². The molecule has 0 aromatic rings. The van der Waals surface area contributed by atoms with Gasteiger partial charge in [-0.15, -0.1) is 0 Å². The molecule has 1 heterocycles. The fourth-order valence-corrected chi connectivity index (χ4v) is 2.11. The quantitative estimate of drug-likeness (QED) is 0.694. The summed E-state index contributed by atoms with van der Waals surface area (Å²) in [5.41, 5.74) is 0.587. The minimum absolute atomic E-state index is 0.152. The first-order chi connectivity index (χ1) is 8.15. The number of carbonyl (C=O) groups excluding carboxylic acids is 1. The summed E-state index contributed by atoms with van der Waals surface area (Å²) in [4.78, 5) is 12.0. The molecule has 0 unspecified atom stereocenters. The van der Waals surface area contributed by atoms with Crippen molar-refractivity contribution in [3.63, 3.8) is 0 Å². The Balaban J connectivity index is 2.35. The molecule has 5 heteroatoms. The van der Waals surface area contributed by atoms with Gasteiger partial charge in [-0.25, -0.2) is 13.6 Å². The summed E-state index contributed by atoms with van der Waals surface area (Å²) in [5.74, 6) is 1.44. The fraction of sp³-hybridized carbons (Fsp3) is 0.500. The standard InChI is InChI=1S/C12H13F2NO2/c1-8-11(12(13)14)15(10(7-16)17-8)9-5-3-2-4-6-9/h3,5-6,8,11-12H,2,4H2,1H3/t8-,11+/m1/s1. The van der Waals surface area contributed by atoms with E-state index >= 15 is 0 Å². The molecule has 0 amide bonds. The Bertz CT molecular complexity index is 411. The third kappa shape index (κ3) is 2.11. The summed E-state index contributed by atoms with van der Waals surface area (Å²) < 4.78 is 31.1. The maximum absolute atomic E-state index is 13.0. The summed E-state index contributed by atoms with van der Waals surface area (Å²) in [6.07, 6.45) is 3.82. The van der Waals surface area contributed by atoms with E-state index in [4.69, 9.17) is 4.74 Å². The average molecular weight is 241 g/mol. The van der Waals surface area contributed by atoms with Gasteiger partial charge in [-0.2, -0.15) is 0 Å². The Morgan fingerprint density at radius 3 is 2.82 bits per heavy atom. The number of nitrogens with zero attached hydrogens (tertiary/aromatic N) is 1. The second-order valence-electron chi connectivity index (χ2n) is 4.03. The van der Waals surface area contributed by atoms with Crippen LogP contribution in [0.5, 0.6) is 0 Å². The van der Waals surface area contributed by atoms with Gasteiger partial charge in [-0.05, 0) is 25.8 Å². The molecule has 2 rings (SSSR count). The predicted octanol–water partition coefficient (Wildman–Crippen LogP) is 2.25. The number of hydrogen-bond donors (Lipinski definition) is 0. The van der Waals surface area contributed by atoms with Crippen LogP contribution in [0.3, 0.4) is 0 Å². The Hall–Kier alpha value is -1.61. The van der Waals surface area contributed by atoms with E-state index in [1.807, 2.05) is 12.2 Å². The van der Waals surface area contributed by atoms with Crippen molar-refractivity contribution in [1.82, 2.24) is 4.90 Å². The molecule has 2 atom stereocenters. The van der Waals surface area contributed by atoms with E-state index in [1.54, 1.807) is 12.0 Å². The van der Waals surface area contributed by atoms with Gasteiger partial charge in [-0.1, -0.05) is 12.2 Å². The SMILES string of the molecule is C[C@H]1OC(=C=O)N(C2=CCCC=C2)[C@@H]1C(F)F. The van der Waals surface area contributed by atoms with Gasteiger partial charge in [0, 0.05) is 5.70 Å². The summed E-state index contributed by atoms with van der Waals surface area (Å²) in [6.45, 7) is 1.53. The van der Waals surface area contributed by atoms with E-state index in [1.165, 1.54) is 11.8 Å². The first-order valence-electron chi connectivity index (χ1n) is 5.51. The van der Waals surface area contributed by atoms with Gasteiger partial charge in [0.15, 0.2) is 5.94 Å². The molecule has 1 aliphatic carbocycles. The van der Waals surface area contributed by atoms with Gasteiger partial charge >= 0.3 is 0 Å². The zero-order chi connectivity index (χ0) is 12.4. The smallest absolute Gasteiger partial charge is 0.283 e. The molecule has 0 saturated carbocycles. The molecule has 1 aliphatic heterocycles. The molecule has 0 bridgehead atoms. The monoisotopic (exact) mass is 241 g/mol. The van der Waals surface area contributed by atoms with Crippen molar-refractivity contribution < 1.29 is 18.3 Å². The highest BCUT2D eigenvalue weighted by Gasteiger charge is 2.44. The van der Waals surface area contributed by atoms with E-state index in [0.717, 1.165) is 12.8 Å². The lowest BCUT2D eigenvalue weighted by Gasteiger charge is -2.25. The topological polar surface area (TPSA) is 29.5 Å². The van der Waals surface area contributed by atoms with Gasteiger partial charge < -0.3 is 4.74 Å². The average Bonchev–Trinajstić information content (AvgIpc) is 2.67. The molecule has 0 N–H and O–H groups in total. The second kappa shape index (κ2) is 4.72. The van der Waals surface area contributed by atoms with Crippen LogP contribution in [-0.4, -0.2) is 29.4 Å². The Kier molecular flexibility index (Phi) is 3.29. The third-order valence-electron chi connectivity index (χ3n) is 2.89. The molecule has 92 valence electrons. The van der Waals surface area contributed by atoms with E-state index in [2.05, 4.69) is 0 Å². The van der Waals surface area contributed by atoms with Crippen LogP contribution in [0, 0.1) is 0 Å². The molecule has 1 fully saturated rings. The van der Waals surface area contributed by atoms with Gasteiger partial charge in [0.05, 0.1) is 0 Å². The summed E-state index contributed by atoms with van der Waals surface area (Å²) >= 11 is 0. The molecule has 0 aromatic heterocycles. The van der Waals surface area contributed by atoms with Crippen molar-refractivity contribution in [2.24, 2.45) is 0 Å². The fourth-order valence-electron chi connectivity index (χ4n) is 2.11. The molecule has 17 heavy (non-hydrogen) atoms. The van der Waals surface area contributed by atoms with Crippen molar-refractivity contribution in [3.05, 3.63) is 29.8 Å². The molecule has 0 aromatic carbocycles. The zero-order valence-electron chi connectivity index (χ0n) is 9.40. The first kappa shape index (κ1) is 11.9. The summed E-state index contributed by atoms with van der Waals surface area (Å²) in [5, 5.41) is 0. The minimum atomic E-state index is -2.58. The number of hydrogen-bond acceptors (Lipinski definition) is 3. The number of halogens is 2. The lowest BCUT2D eigenvalue weighted by molar-refractivity contribution is 0.0459. The normalized spacial score (nSPS) is 28.1. The van der Waals surface area contributed by atoms with Crippen LogP contribution in [0.1, 0.15) is 19.8 Å². The Morgan fingerprint density at radius 1 is 1.53 bits per heavy atom. The van der Waals surface area contributed by atoms with Gasteiger partial charge in [-0.3, -0.25) is 4.90 Å². The first-order valence-corrected chi connectivity index (χ1v) is 5.51. The van der Waals surface area contributed by atoms with Gasteiger partial charge in [0.25, 0.3) is 12.3 Å². The molecular weight excluding hydrogens is 228 g/mol. The minimum Gasteiger partial charge on any atom is -0.465 e. The molecule has 3 nitrogen and oxygen atoms in total. The van der Waals surface area contributed by atoms with Crippen LogP contribution in [0.15, 0.2) is 29.8 Å². The van der Waals surface area contributed by atoms with E-state index < -0.39 is 18.6 Å². The maximum Gasteiger partial charge on any atom is 0.283 e. The highest BCUT2D eigenvalue weighted by Crippen LogP contribution is 2.34. The summed E-state index contributed by atoms with van der Waals surface area (Å²) in [6, 6.07) is -1.12. The lowest BCUT2D eigenvalue weighted by atomic mass is 10.1. The lowest BCUT2D eigenvalue weighted by Crippen LogP contribution is -2.39. The number of allylic oxidation sites excluding steroid dienone is 3. The molecular formula is C12H13F2NO2. The van der Waals surface area contributed by atoms with E-state index in [-0.39, 0.29) is 5.88 Å².